The zero-order valence-corrected chi connectivity index (χ0v) is 11.4. The van der Waals surface area contributed by atoms with Crippen LogP contribution in [0, 0.1) is 5.92 Å². The molecule has 0 radical (unpaired) electrons. The number of nitrogens with zero attached hydrogens (tertiary/aromatic N) is 2. The van der Waals surface area contributed by atoms with E-state index in [0.29, 0.717) is 6.04 Å². The van der Waals surface area contributed by atoms with Crippen molar-refractivity contribution in [2.75, 3.05) is 26.2 Å². The summed E-state index contributed by atoms with van der Waals surface area (Å²) >= 11 is 0. The number of rotatable bonds is 3. The predicted molar refractivity (Wildman–Crippen MR) is 70.9 cm³/mol. The van der Waals surface area contributed by atoms with Crippen molar-refractivity contribution >= 4 is 0 Å². The fraction of sp³-hybridized carbons (Fsp3) is 1.00. The van der Waals surface area contributed by atoms with Crippen LogP contribution in [0.15, 0.2) is 0 Å². The lowest BCUT2D eigenvalue weighted by Crippen LogP contribution is -2.60. The molecule has 3 fully saturated rings. The maximum absolute atomic E-state index is 6.50. The number of nitrogens with two attached hydrogens (primary N) is 1. The number of piperazine rings is 1. The van der Waals surface area contributed by atoms with Gasteiger partial charge < -0.3 is 5.73 Å². The van der Waals surface area contributed by atoms with Crippen molar-refractivity contribution in [3.63, 3.8) is 0 Å². The van der Waals surface area contributed by atoms with Crippen LogP contribution in [-0.4, -0.2) is 53.6 Å². The fourth-order valence-corrected chi connectivity index (χ4v) is 3.78. The summed E-state index contributed by atoms with van der Waals surface area (Å²) in [7, 11) is 0. The molecule has 3 atom stereocenters. The molecule has 3 nitrogen and oxygen atoms in total. The molecule has 0 aromatic rings. The number of fused-ring (bicyclic) bond motifs is 1. The highest BCUT2D eigenvalue weighted by Gasteiger charge is 2.42. The molecule has 0 bridgehead atoms. The second-order valence-electron chi connectivity index (χ2n) is 6.85. The van der Waals surface area contributed by atoms with Gasteiger partial charge in [-0.1, -0.05) is 0 Å². The summed E-state index contributed by atoms with van der Waals surface area (Å²) in [5.41, 5.74) is 6.55. The second-order valence-corrected chi connectivity index (χ2v) is 6.85. The molecule has 17 heavy (non-hydrogen) atoms. The van der Waals surface area contributed by atoms with Crippen LogP contribution < -0.4 is 5.73 Å². The van der Waals surface area contributed by atoms with Crippen molar-refractivity contribution < 1.29 is 0 Å². The van der Waals surface area contributed by atoms with Gasteiger partial charge in [-0.15, -0.1) is 0 Å². The van der Waals surface area contributed by atoms with Gasteiger partial charge in [-0.25, -0.2) is 0 Å². The van der Waals surface area contributed by atoms with Crippen molar-refractivity contribution in [2.24, 2.45) is 11.7 Å². The summed E-state index contributed by atoms with van der Waals surface area (Å²) in [6.07, 6.45) is 5.50. The zero-order valence-electron chi connectivity index (χ0n) is 11.4. The van der Waals surface area contributed by atoms with Crippen LogP contribution in [0.2, 0.25) is 0 Å². The quantitative estimate of drug-likeness (QED) is 0.802. The molecule has 2 heterocycles. The van der Waals surface area contributed by atoms with Crippen molar-refractivity contribution in [2.45, 2.75) is 57.2 Å². The van der Waals surface area contributed by atoms with Gasteiger partial charge in [-0.2, -0.15) is 0 Å². The first-order valence-corrected chi connectivity index (χ1v) is 7.33. The first-order chi connectivity index (χ1) is 8.06. The highest BCUT2D eigenvalue weighted by molar-refractivity contribution is 5.00. The summed E-state index contributed by atoms with van der Waals surface area (Å²) in [6.45, 7) is 9.57. The Hall–Kier alpha value is -0.120. The molecule has 3 unspecified atom stereocenters. The Morgan fingerprint density at radius 1 is 1.24 bits per heavy atom. The standard InChI is InChI=1S/C14H27N3/c1-11-8-16-7-3-4-13(16)9-17(11)10-14(2,15)12-5-6-12/h11-13H,3-10,15H2,1-2H3. The largest absolute Gasteiger partial charge is 0.324 e. The first kappa shape index (κ1) is 11.9. The van der Waals surface area contributed by atoms with Crippen LogP contribution in [0.25, 0.3) is 0 Å². The monoisotopic (exact) mass is 237 g/mol. The van der Waals surface area contributed by atoms with Gasteiger partial charge in [0.2, 0.25) is 0 Å². The van der Waals surface area contributed by atoms with Gasteiger partial charge in [0.05, 0.1) is 0 Å². The Morgan fingerprint density at radius 2 is 2.00 bits per heavy atom. The van der Waals surface area contributed by atoms with Gasteiger partial charge in [0.25, 0.3) is 0 Å². The van der Waals surface area contributed by atoms with Crippen molar-refractivity contribution in [3.8, 4) is 0 Å². The van der Waals surface area contributed by atoms with Crippen molar-refractivity contribution in [1.29, 1.82) is 0 Å². The van der Waals surface area contributed by atoms with Crippen LogP contribution in [0.1, 0.15) is 39.5 Å². The van der Waals surface area contributed by atoms with E-state index in [1.54, 1.807) is 0 Å². The topological polar surface area (TPSA) is 32.5 Å². The molecule has 3 aliphatic rings. The lowest BCUT2D eigenvalue weighted by atomic mass is 9.94. The van der Waals surface area contributed by atoms with Gasteiger partial charge >= 0.3 is 0 Å². The number of hydrogen-bond acceptors (Lipinski definition) is 3. The van der Waals surface area contributed by atoms with E-state index in [1.165, 1.54) is 45.3 Å². The van der Waals surface area contributed by atoms with Crippen molar-refractivity contribution in [1.82, 2.24) is 9.80 Å². The Morgan fingerprint density at radius 3 is 2.71 bits per heavy atom. The minimum Gasteiger partial charge on any atom is -0.324 e. The van der Waals surface area contributed by atoms with Crippen LogP contribution in [0.5, 0.6) is 0 Å². The summed E-state index contributed by atoms with van der Waals surface area (Å²) in [5.74, 6) is 0.788. The first-order valence-electron chi connectivity index (χ1n) is 7.33. The van der Waals surface area contributed by atoms with Crippen LogP contribution in [0.3, 0.4) is 0 Å². The van der Waals surface area contributed by atoms with Gasteiger partial charge in [0.1, 0.15) is 0 Å². The highest BCUT2D eigenvalue weighted by Crippen LogP contribution is 2.39. The summed E-state index contributed by atoms with van der Waals surface area (Å²) in [4.78, 5) is 5.34. The predicted octanol–water partition coefficient (Wildman–Crippen LogP) is 1.28. The smallest absolute Gasteiger partial charge is 0.0283 e. The second kappa shape index (κ2) is 4.22. The Bertz CT molecular complexity index is 285. The molecule has 2 aliphatic heterocycles. The maximum atomic E-state index is 6.50. The van der Waals surface area contributed by atoms with E-state index in [-0.39, 0.29) is 5.54 Å². The van der Waals surface area contributed by atoms with Crippen LogP contribution in [-0.2, 0) is 0 Å². The molecule has 98 valence electrons. The third-order valence-corrected chi connectivity index (χ3v) is 5.12. The fourth-order valence-electron chi connectivity index (χ4n) is 3.78. The van der Waals surface area contributed by atoms with Crippen LogP contribution in [0.4, 0.5) is 0 Å². The lowest BCUT2D eigenvalue weighted by molar-refractivity contribution is 0.0422. The average Bonchev–Trinajstić information content (AvgIpc) is 3.02. The lowest BCUT2D eigenvalue weighted by Gasteiger charge is -2.45. The molecule has 0 aromatic carbocycles. The molecule has 1 aliphatic carbocycles. The minimum absolute atomic E-state index is 0.0506. The summed E-state index contributed by atoms with van der Waals surface area (Å²) in [6, 6.07) is 1.51. The molecule has 2 saturated heterocycles. The SMILES string of the molecule is CC1CN2CCCC2CN1CC(C)(N)C1CC1. The number of hydrogen-bond donors (Lipinski definition) is 1. The highest BCUT2D eigenvalue weighted by atomic mass is 15.3. The van der Waals surface area contributed by atoms with Gasteiger partial charge in [0.15, 0.2) is 0 Å². The molecule has 3 heteroatoms. The Balaban J connectivity index is 1.62. The molecule has 3 rings (SSSR count). The molecule has 0 amide bonds. The van der Waals surface area contributed by atoms with E-state index in [2.05, 4.69) is 23.6 Å². The van der Waals surface area contributed by atoms with Gasteiger partial charge in [0, 0.05) is 37.3 Å². The minimum atomic E-state index is 0.0506. The molecular formula is C14H27N3. The zero-order chi connectivity index (χ0) is 12.0. The third-order valence-electron chi connectivity index (χ3n) is 5.12. The molecule has 0 aromatic heterocycles. The van der Waals surface area contributed by atoms with Gasteiger partial charge in [-0.3, -0.25) is 9.80 Å². The Labute approximate surface area is 105 Å². The van der Waals surface area contributed by atoms with Crippen LogP contribution >= 0.6 is 0 Å². The Kier molecular flexibility index (Phi) is 2.96. The van der Waals surface area contributed by atoms with E-state index in [4.69, 9.17) is 5.73 Å². The maximum Gasteiger partial charge on any atom is 0.0283 e. The van der Waals surface area contributed by atoms with Gasteiger partial charge in [-0.05, 0) is 52.0 Å². The average molecular weight is 237 g/mol. The summed E-state index contributed by atoms with van der Waals surface area (Å²) < 4.78 is 0. The van der Waals surface area contributed by atoms with E-state index >= 15 is 0 Å². The molecule has 2 N–H and O–H groups in total. The van der Waals surface area contributed by atoms with E-state index in [9.17, 15) is 0 Å². The van der Waals surface area contributed by atoms with Crippen molar-refractivity contribution in [3.05, 3.63) is 0 Å². The molecule has 0 spiro atoms. The van der Waals surface area contributed by atoms with E-state index in [0.717, 1.165) is 18.5 Å². The molecular weight excluding hydrogens is 210 g/mol. The van der Waals surface area contributed by atoms with E-state index in [1.807, 2.05) is 0 Å². The molecule has 1 saturated carbocycles. The summed E-state index contributed by atoms with van der Waals surface area (Å²) in [5, 5.41) is 0. The normalized spacial score (nSPS) is 39.0. The van der Waals surface area contributed by atoms with E-state index < -0.39 is 0 Å². The third kappa shape index (κ3) is 2.38.